The maximum atomic E-state index is 13.4. The van der Waals surface area contributed by atoms with Gasteiger partial charge in [-0.05, 0) is 36.8 Å². The first-order chi connectivity index (χ1) is 15.0. The molecule has 2 aromatic carbocycles. The number of anilines is 1. The van der Waals surface area contributed by atoms with E-state index in [1.807, 2.05) is 0 Å². The van der Waals surface area contributed by atoms with Gasteiger partial charge in [0, 0.05) is 33.7 Å². The summed E-state index contributed by atoms with van der Waals surface area (Å²) in [6.07, 6.45) is 1.33. The molecule has 0 fully saturated rings. The molecule has 2 aromatic rings. The van der Waals surface area contributed by atoms with Crippen molar-refractivity contribution in [3.05, 3.63) is 62.5 Å². The third kappa shape index (κ3) is 6.60. The molecule has 7 nitrogen and oxygen atoms in total. The minimum absolute atomic E-state index is 0.0562. The fraction of sp³-hybridized carbons (Fsp3) is 0.333. The first-order valence-corrected chi connectivity index (χ1v) is 13.1. The summed E-state index contributed by atoms with van der Waals surface area (Å²) >= 11 is 15.9. The quantitative estimate of drug-likeness (QED) is 0.497. The predicted octanol–water partition coefficient (Wildman–Crippen LogP) is 4.08. The van der Waals surface area contributed by atoms with Gasteiger partial charge in [-0.15, -0.1) is 0 Å². The van der Waals surface area contributed by atoms with Crippen LogP contribution in [-0.2, 0) is 26.2 Å². The van der Waals surface area contributed by atoms with Crippen molar-refractivity contribution in [2.24, 2.45) is 0 Å². The Labute approximate surface area is 206 Å². The van der Waals surface area contributed by atoms with Crippen LogP contribution in [0.5, 0.6) is 0 Å². The molecule has 0 spiro atoms. The molecule has 0 saturated carbocycles. The lowest BCUT2D eigenvalue weighted by Gasteiger charge is -2.33. The maximum absolute atomic E-state index is 13.4. The van der Waals surface area contributed by atoms with E-state index in [2.05, 4.69) is 21.2 Å². The summed E-state index contributed by atoms with van der Waals surface area (Å²) in [7, 11) is -2.33. The van der Waals surface area contributed by atoms with E-state index in [-0.39, 0.29) is 12.5 Å². The van der Waals surface area contributed by atoms with Crippen molar-refractivity contribution < 1.29 is 18.0 Å². The van der Waals surface area contributed by atoms with E-state index in [4.69, 9.17) is 23.2 Å². The molecular formula is C21H24BrCl2N3O4S. The first-order valence-electron chi connectivity index (χ1n) is 9.66. The second-order valence-electron chi connectivity index (χ2n) is 7.01. The highest BCUT2D eigenvalue weighted by molar-refractivity contribution is 9.10. The molecule has 1 N–H and O–H groups in total. The Morgan fingerprint density at radius 1 is 1.12 bits per heavy atom. The van der Waals surface area contributed by atoms with Gasteiger partial charge in [-0.2, -0.15) is 0 Å². The molecule has 11 heteroatoms. The monoisotopic (exact) mass is 563 g/mol. The molecule has 2 rings (SSSR count). The lowest BCUT2D eigenvalue weighted by atomic mass is 10.1. The van der Waals surface area contributed by atoms with E-state index in [0.29, 0.717) is 32.2 Å². The Balaban J connectivity index is 2.49. The Morgan fingerprint density at radius 3 is 2.22 bits per heavy atom. The van der Waals surface area contributed by atoms with Gasteiger partial charge in [0.2, 0.25) is 21.8 Å². The SMILES string of the molecule is CC[C@@H](C(=O)NC)N(Cc1c(Cl)cccc1Cl)C(=O)CN(c1cccc(Br)c1)S(C)(=O)=O. The van der Waals surface area contributed by atoms with Crippen LogP contribution in [0, 0.1) is 0 Å². The molecular weight excluding hydrogens is 541 g/mol. The van der Waals surface area contributed by atoms with Gasteiger partial charge < -0.3 is 10.2 Å². The van der Waals surface area contributed by atoms with E-state index in [0.717, 1.165) is 10.6 Å². The van der Waals surface area contributed by atoms with Gasteiger partial charge in [0.25, 0.3) is 0 Å². The zero-order valence-electron chi connectivity index (χ0n) is 17.8. The highest BCUT2D eigenvalue weighted by atomic mass is 79.9. The summed E-state index contributed by atoms with van der Waals surface area (Å²) in [4.78, 5) is 27.3. The molecule has 0 heterocycles. The van der Waals surface area contributed by atoms with Crippen molar-refractivity contribution >= 4 is 66.7 Å². The van der Waals surface area contributed by atoms with Crippen LogP contribution in [0.3, 0.4) is 0 Å². The smallest absolute Gasteiger partial charge is 0.244 e. The van der Waals surface area contributed by atoms with Crippen LogP contribution in [-0.4, -0.2) is 51.0 Å². The standard InChI is InChI=1S/C21H24BrCl2N3O4S/c1-4-19(21(29)25-2)26(12-16-17(23)9-6-10-18(16)24)20(28)13-27(32(3,30)31)15-8-5-7-14(22)11-15/h5-11,19H,4,12-13H2,1-3H3,(H,25,29)/t19-/m0/s1. The van der Waals surface area contributed by atoms with Gasteiger partial charge in [0.05, 0.1) is 11.9 Å². The van der Waals surface area contributed by atoms with Crippen molar-refractivity contribution in [1.29, 1.82) is 0 Å². The second kappa shape index (κ2) is 11.4. The molecule has 0 aliphatic carbocycles. The van der Waals surface area contributed by atoms with E-state index in [1.54, 1.807) is 49.4 Å². The van der Waals surface area contributed by atoms with Crippen molar-refractivity contribution in [3.8, 4) is 0 Å². The topological polar surface area (TPSA) is 86.8 Å². The Hall–Kier alpha value is -1.81. The van der Waals surface area contributed by atoms with Crippen LogP contribution in [0.25, 0.3) is 0 Å². The van der Waals surface area contributed by atoms with Crippen molar-refractivity contribution in [3.63, 3.8) is 0 Å². The molecule has 0 aromatic heterocycles. The summed E-state index contributed by atoms with van der Waals surface area (Å²) in [6, 6.07) is 10.7. The van der Waals surface area contributed by atoms with Crippen LogP contribution in [0.15, 0.2) is 46.9 Å². The fourth-order valence-corrected chi connectivity index (χ4v) is 4.93. The molecule has 1 atom stereocenters. The van der Waals surface area contributed by atoms with Gasteiger partial charge in [-0.25, -0.2) is 8.42 Å². The molecule has 0 unspecified atom stereocenters. The largest absolute Gasteiger partial charge is 0.357 e. The molecule has 0 aliphatic heterocycles. The molecule has 0 radical (unpaired) electrons. The minimum atomic E-state index is -3.80. The number of halogens is 3. The van der Waals surface area contributed by atoms with Gasteiger partial charge in [-0.3, -0.25) is 13.9 Å². The number of rotatable bonds is 9. The molecule has 174 valence electrons. The number of nitrogens with zero attached hydrogens (tertiary/aromatic N) is 2. The second-order valence-corrected chi connectivity index (χ2v) is 10.6. The van der Waals surface area contributed by atoms with Crippen molar-refractivity contribution in [2.75, 3.05) is 24.2 Å². The number of amides is 2. The third-order valence-corrected chi connectivity index (χ3v) is 7.14. The summed E-state index contributed by atoms with van der Waals surface area (Å²) in [6.45, 7) is 1.21. The Morgan fingerprint density at radius 2 is 1.72 bits per heavy atom. The Kier molecular flexibility index (Phi) is 9.39. The maximum Gasteiger partial charge on any atom is 0.244 e. The summed E-state index contributed by atoms with van der Waals surface area (Å²) in [5.41, 5.74) is 0.791. The number of nitrogens with one attached hydrogen (secondary N) is 1. The predicted molar refractivity (Wildman–Crippen MR) is 131 cm³/mol. The normalized spacial score (nSPS) is 12.2. The average molecular weight is 565 g/mol. The molecule has 0 aliphatic rings. The third-order valence-electron chi connectivity index (χ3n) is 4.80. The number of carbonyl (C=O) groups is 2. The van der Waals surface area contributed by atoms with E-state index < -0.39 is 28.5 Å². The highest BCUT2D eigenvalue weighted by Gasteiger charge is 2.32. The summed E-state index contributed by atoms with van der Waals surface area (Å²) in [5, 5.41) is 3.24. The van der Waals surface area contributed by atoms with Crippen LogP contribution >= 0.6 is 39.1 Å². The van der Waals surface area contributed by atoms with Gasteiger partial charge in [0.15, 0.2) is 0 Å². The number of hydrogen-bond donors (Lipinski definition) is 1. The Bertz CT molecular complexity index is 1080. The lowest BCUT2D eigenvalue weighted by Crippen LogP contribution is -2.51. The molecule has 0 saturated heterocycles. The van der Waals surface area contributed by atoms with Gasteiger partial charge in [-0.1, -0.05) is 58.2 Å². The van der Waals surface area contributed by atoms with Crippen molar-refractivity contribution in [2.45, 2.75) is 25.9 Å². The highest BCUT2D eigenvalue weighted by Crippen LogP contribution is 2.28. The number of sulfonamides is 1. The van der Waals surface area contributed by atoms with E-state index >= 15 is 0 Å². The van der Waals surface area contributed by atoms with Crippen LogP contribution < -0.4 is 9.62 Å². The zero-order chi connectivity index (χ0) is 24.1. The number of hydrogen-bond acceptors (Lipinski definition) is 4. The van der Waals surface area contributed by atoms with Gasteiger partial charge in [0.1, 0.15) is 12.6 Å². The number of carbonyl (C=O) groups excluding carboxylic acids is 2. The zero-order valence-corrected chi connectivity index (χ0v) is 21.7. The molecule has 0 bridgehead atoms. The van der Waals surface area contributed by atoms with E-state index in [1.165, 1.54) is 11.9 Å². The lowest BCUT2D eigenvalue weighted by molar-refractivity contribution is -0.140. The summed E-state index contributed by atoms with van der Waals surface area (Å²) < 4.78 is 26.7. The fourth-order valence-electron chi connectivity index (χ4n) is 3.18. The van der Waals surface area contributed by atoms with Gasteiger partial charge >= 0.3 is 0 Å². The minimum Gasteiger partial charge on any atom is -0.357 e. The number of likely N-dealkylation sites (N-methyl/N-ethyl adjacent to an activating group) is 1. The van der Waals surface area contributed by atoms with Crippen LogP contribution in [0.2, 0.25) is 10.0 Å². The summed E-state index contributed by atoms with van der Waals surface area (Å²) in [5.74, 6) is -0.945. The average Bonchev–Trinajstić information content (AvgIpc) is 2.72. The molecule has 32 heavy (non-hydrogen) atoms. The van der Waals surface area contributed by atoms with E-state index in [9.17, 15) is 18.0 Å². The van der Waals surface area contributed by atoms with Crippen molar-refractivity contribution in [1.82, 2.24) is 10.2 Å². The van der Waals surface area contributed by atoms with Crippen LogP contribution in [0.1, 0.15) is 18.9 Å². The molecule has 2 amide bonds. The number of benzene rings is 2. The van der Waals surface area contributed by atoms with Crippen LogP contribution in [0.4, 0.5) is 5.69 Å². The first kappa shape index (κ1) is 26.4.